The molecular weight excluding hydrogens is 366 g/mol. The highest BCUT2D eigenvalue weighted by atomic mass is 16.5. The summed E-state index contributed by atoms with van der Waals surface area (Å²) in [5.41, 5.74) is 1.78. The monoisotopic (exact) mass is 397 g/mol. The molecule has 2 N–H and O–H groups in total. The predicted octanol–water partition coefficient (Wildman–Crippen LogP) is 5.29. The number of nitrogens with one attached hydrogen (secondary N) is 1. The fraction of sp³-hybridized carbons (Fsp3) is 0.375. The van der Waals surface area contributed by atoms with Crippen LogP contribution in [0.5, 0.6) is 11.5 Å². The molecule has 0 aromatic heterocycles. The average molecular weight is 398 g/mol. The van der Waals surface area contributed by atoms with E-state index in [1.807, 2.05) is 43.3 Å². The lowest BCUT2D eigenvalue weighted by Gasteiger charge is -2.16. The van der Waals surface area contributed by atoms with Gasteiger partial charge in [-0.25, -0.2) is 0 Å². The first-order valence-corrected chi connectivity index (χ1v) is 10.0. The van der Waals surface area contributed by atoms with Crippen LogP contribution in [-0.4, -0.2) is 24.7 Å². The maximum Gasteiger partial charge on any atom is 0.255 e. The Morgan fingerprint density at radius 3 is 2.24 bits per heavy atom. The molecule has 2 atom stereocenters. The van der Waals surface area contributed by atoms with E-state index in [4.69, 9.17) is 9.47 Å². The van der Waals surface area contributed by atoms with Gasteiger partial charge in [0.1, 0.15) is 11.5 Å². The number of rotatable bonds is 10. The van der Waals surface area contributed by atoms with E-state index in [2.05, 4.69) is 19.2 Å². The smallest absolute Gasteiger partial charge is 0.255 e. The summed E-state index contributed by atoms with van der Waals surface area (Å²) in [6, 6.07) is 14.5. The SMILES string of the molecule is CCCC(C)COc1ccc(C(=CO)C(=O)NC(C)c2ccc(OC)cc2)cc1. The lowest BCUT2D eigenvalue weighted by Crippen LogP contribution is -2.27. The van der Waals surface area contributed by atoms with Gasteiger partial charge in [0, 0.05) is 0 Å². The van der Waals surface area contributed by atoms with E-state index >= 15 is 0 Å². The molecule has 0 bridgehead atoms. The summed E-state index contributed by atoms with van der Waals surface area (Å²) >= 11 is 0. The molecule has 2 unspecified atom stereocenters. The number of aliphatic hydroxyl groups excluding tert-OH is 1. The average Bonchev–Trinajstić information content (AvgIpc) is 2.74. The first kappa shape index (κ1) is 22.3. The van der Waals surface area contributed by atoms with Gasteiger partial charge in [0.15, 0.2) is 0 Å². The Hall–Kier alpha value is -2.95. The van der Waals surface area contributed by atoms with Crippen LogP contribution >= 0.6 is 0 Å². The topological polar surface area (TPSA) is 67.8 Å². The van der Waals surface area contributed by atoms with Gasteiger partial charge in [-0.1, -0.05) is 44.5 Å². The zero-order valence-corrected chi connectivity index (χ0v) is 17.6. The lowest BCUT2D eigenvalue weighted by atomic mass is 10.0. The standard InChI is InChI=1S/C24H31NO4/c1-5-6-17(2)16-29-22-13-9-20(10-14-22)23(15-26)24(27)25-18(3)19-7-11-21(28-4)12-8-19/h7-15,17-18,26H,5-6,16H2,1-4H3,(H,25,27). The van der Waals surface area contributed by atoms with Crippen LogP contribution in [0.3, 0.4) is 0 Å². The van der Waals surface area contributed by atoms with Gasteiger partial charge in [0.05, 0.1) is 31.6 Å². The van der Waals surface area contributed by atoms with Crippen LogP contribution in [0, 0.1) is 5.92 Å². The zero-order valence-electron chi connectivity index (χ0n) is 17.6. The second-order valence-electron chi connectivity index (χ2n) is 7.24. The molecule has 0 fully saturated rings. The fourth-order valence-electron chi connectivity index (χ4n) is 3.06. The van der Waals surface area contributed by atoms with E-state index in [1.54, 1.807) is 19.2 Å². The molecule has 0 radical (unpaired) electrons. The minimum absolute atomic E-state index is 0.205. The molecule has 2 aromatic rings. The van der Waals surface area contributed by atoms with Gasteiger partial charge in [-0.3, -0.25) is 4.79 Å². The van der Waals surface area contributed by atoms with Crippen LogP contribution in [0.1, 0.15) is 50.8 Å². The minimum Gasteiger partial charge on any atom is -0.515 e. The number of carbonyl (C=O) groups is 1. The molecule has 0 aliphatic heterocycles. The Morgan fingerprint density at radius 2 is 1.69 bits per heavy atom. The highest BCUT2D eigenvalue weighted by Gasteiger charge is 2.16. The number of methoxy groups -OCH3 is 1. The number of ether oxygens (including phenoxy) is 2. The summed E-state index contributed by atoms with van der Waals surface area (Å²) < 4.78 is 11.0. The van der Waals surface area contributed by atoms with Crippen LogP contribution in [-0.2, 0) is 4.79 Å². The highest BCUT2D eigenvalue weighted by molar-refractivity contribution is 6.19. The molecule has 0 aliphatic rings. The van der Waals surface area contributed by atoms with Crippen molar-refractivity contribution in [3.63, 3.8) is 0 Å². The molecule has 5 heteroatoms. The van der Waals surface area contributed by atoms with Crippen LogP contribution in [0.15, 0.2) is 54.8 Å². The summed E-state index contributed by atoms with van der Waals surface area (Å²) in [7, 11) is 1.61. The number of carbonyl (C=O) groups excluding carboxylic acids is 1. The summed E-state index contributed by atoms with van der Waals surface area (Å²) in [5.74, 6) is 1.66. The molecule has 0 aliphatic carbocycles. The molecule has 2 rings (SSSR count). The second-order valence-corrected chi connectivity index (χ2v) is 7.24. The predicted molar refractivity (Wildman–Crippen MR) is 116 cm³/mol. The van der Waals surface area contributed by atoms with Gasteiger partial charge < -0.3 is 19.9 Å². The number of hydrogen-bond acceptors (Lipinski definition) is 4. The Balaban J connectivity index is 1.99. The third-order valence-corrected chi connectivity index (χ3v) is 4.82. The molecule has 0 saturated heterocycles. The van der Waals surface area contributed by atoms with Crippen molar-refractivity contribution >= 4 is 11.5 Å². The Bertz CT molecular complexity index is 797. The molecule has 1 amide bonds. The number of benzene rings is 2. The van der Waals surface area contributed by atoms with Crippen molar-refractivity contribution in [1.29, 1.82) is 0 Å². The molecule has 5 nitrogen and oxygen atoms in total. The summed E-state index contributed by atoms with van der Waals surface area (Å²) in [4.78, 5) is 12.7. The van der Waals surface area contributed by atoms with Crippen LogP contribution < -0.4 is 14.8 Å². The van der Waals surface area contributed by atoms with E-state index in [9.17, 15) is 9.90 Å². The lowest BCUT2D eigenvalue weighted by molar-refractivity contribution is -0.116. The van der Waals surface area contributed by atoms with Gasteiger partial charge in [-0.15, -0.1) is 0 Å². The molecule has 2 aromatic carbocycles. The normalized spacial score (nSPS) is 13.4. The van der Waals surface area contributed by atoms with Crippen molar-refractivity contribution in [3.05, 3.63) is 65.9 Å². The third-order valence-electron chi connectivity index (χ3n) is 4.82. The van der Waals surface area contributed by atoms with E-state index in [0.29, 0.717) is 18.1 Å². The first-order valence-electron chi connectivity index (χ1n) is 10.0. The fourth-order valence-corrected chi connectivity index (χ4v) is 3.06. The number of hydrogen-bond donors (Lipinski definition) is 2. The third kappa shape index (κ3) is 6.56. The van der Waals surface area contributed by atoms with Gasteiger partial charge in [0.2, 0.25) is 0 Å². The molecular formula is C24H31NO4. The summed E-state index contributed by atoms with van der Waals surface area (Å²) in [5, 5.41) is 12.5. The quantitative estimate of drug-likeness (QED) is 0.422. The minimum atomic E-state index is -0.346. The van der Waals surface area contributed by atoms with E-state index < -0.39 is 0 Å². The van der Waals surface area contributed by atoms with E-state index in [0.717, 1.165) is 36.2 Å². The Labute approximate surface area is 173 Å². The van der Waals surface area contributed by atoms with Crippen molar-refractivity contribution in [2.45, 2.75) is 39.7 Å². The van der Waals surface area contributed by atoms with Gasteiger partial charge in [-0.2, -0.15) is 0 Å². The van der Waals surface area contributed by atoms with Crippen molar-refractivity contribution < 1.29 is 19.4 Å². The molecule has 156 valence electrons. The molecule has 0 heterocycles. The van der Waals surface area contributed by atoms with Gasteiger partial charge in [-0.05, 0) is 54.7 Å². The number of aliphatic hydroxyl groups is 1. The first-order chi connectivity index (χ1) is 14.0. The van der Waals surface area contributed by atoms with E-state index in [1.165, 1.54) is 0 Å². The van der Waals surface area contributed by atoms with E-state index in [-0.39, 0.29) is 17.5 Å². The maximum atomic E-state index is 12.7. The molecule has 0 saturated carbocycles. The van der Waals surface area contributed by atoms with Crippen molar-refractivity contribution in [3.8, 4) is 11.5 Å². The van der Waals surface area contributed by atoms with Crippen molar-refractivity contribution in [2.75, 3.05) is 13.7 Å². The maximum absolute atomic E-state index is 12.7. The largest absolute Gasteiger partial charge is 0.515 e. The van der Waals surface area contributed by atoms with Crippen LogP contribution in [0.2, 0.25) is 0 Å². The van der Waals surface area contributed by atoms with Crippen molar-refractivity contribution in [1.82, 2.24) is 5.32 Å². The molecule has 29 heavy (non-hydrogen) atoms. The Morgan fingerprint density at radius 1 is 1.07 bits per heavy atom. The van der Waals surface area contributed by atoms with Crippen LogP contribution in [0.25, 0.3) is 5.57 Å². The summed E-state index contributed by atoms with van der Waals surface area (Å²) in [6.07, 6.45) is 3.11. The number of amides is 1. The van der Waals surface area contributed by atoms with Crippen molar-refractivity contribution in [2.24, 2.45) is 5.92 Å². The van der Waals surface area contributed by atoms with Gasteiger partial charge in [0.25, 0.3) is 5.91 Å². The highest BCUT2D eigenvalue weighted by Crippen LogP contribution is 2.22. The summed E-state index contributed by atoms with van der Waals surface area (Å²) in [6.45, 7) is 6.88. The molecule has 0 spiro atoms. The second kappa shape index (κ2) is 11.1. The zero-order chi connectivity index (χ0) is 21.2. The van der Waals surface area contributed by atoms with Gasteiger partial charge >= 0.3 is 0 Å². The van der Waals surface area contributed by atoms with Crippen LogP contribution in [0.4, 0.5) is 0 Å². The Kier molecular flexibility index (Phi) is 8.59.